The van der Waals surface area contributed by atoms with E-state index >= 15 is 0 Å². The van der Waals surface area contributed by atoms with Gasteiger partial charge < -0.3 is 0 Å². The second kappa shape index (κ2) is 5.08. The van der Waals surface area contributed by atoms with Gasteiger partial charge in [0.15, 0.2) is 0 Å². The molecular weight excluding hydrogens is 202 g/mol. The van der Waals surface area contributed by atoms with Crippen molar-refractivity contribution in [2.24, 2.45) is 0 Å². The average Bonchev–Trinajstić information content (AvgIpc) is 2.67. The summed E-state index contributed by atoms with van der Waals surface area (Å²) in [6.45, 7) is 2.18. The quantitative estimate of drug-likeness (QED) is 0.746. The Balaban J connectivity index is 2.09. The Kier molecular flexibility index (Phi) is 3.51. The van der Waals surface area contributed by atoms with Gasteiger partial charge >= 0.3 is 0 Å². The highest BCUT2D eigenvalue weighted by molar-refractivity contribution is 7.18. The third-order valence-electron chi connectivity index (χ3n) is 2.14. The number of fused-ring (bicyclic) bond motifs is 1. The molecule has 0 aliphatic rings. The standard InChI is InChI=1S/C13H14NS/c1-2-3-4-5-10-13-14-11-8-6-7-9-12(11)15-13/h4-10H,2-3H2,1H3/b5-4+. The topological polar surface area (TPSA) is 12.9 Å². The molecule has 2 rings (SSSR count). The predicted molar refractivity (Wildman–Crippen MR) is 67.1 cm³/mol. The summed E-state index contributed by atoms with van der Waals surface area (Å²) in [6.07, 6.45) is 8.71. The number of aromatic nitrogens is 1. The maximum absolute atomic E-state index is 4.52. The van der Waals surface area contributed by atoms with Gasteiger partial charge in [-0.05, 0) is 18.6 Å². The fourth-order valence-corrected chi connectivity index (χ4v) is 2.26. The second-order valence-corrected chi connectivity index (χ2v) is 4.47. The number of hydrogen-bond acceptors (Lipinski definition) is 2. The Labute approximate surface area is 94.5 Å². The van der Waals surface area contributed by atoms with E-state index in [0.29, 0.717) is 0 Å². The van der Waals surface area contributed by atoms with Crippen molar-refractivity contribution in [1.82, 2.24) is 4.98 Å². The molecule has 0 spiro atoms. The van der Waals surface area contributed by atoms with Crippen LogP contribution in [0.15, 0.2) is 36.4 Å². The number of para-hydroxylation sites is 1. The number of rotatable bonds is 4. The normalized spacial score (nSPS) is 11.5. The van der Waals surface area contributed by atoms with E-state index in [-0.39, 0.29) is 0 Å². The molecule has 0 bridgehead atoms. The van der Waals surface area contributed by atoms with Crippen LogP contribution in [-0.4, -0.2) is 4.98 Å². The summed E-state index contributed by atoms with van der Waals surface area (Å²) >= 11 is 1.74. The molecule has 1 nitrogen and oxygen atoms in total. The molecule has 0 amide bonds. The number of benzene rings is 1. The third kappa shape index (κ3) is 2.66. The first kappa shape index (κ1) is 10.4. The van der Waals surface area contributed by atoms with Crippen molar-refractivity contribution in [3.63, 3.8) is 0 Å². The minimum absolute atomic E-state index is 1.09. The van der Waals surface area contributed by atoms with Crippen LogP contribution in [0, 0.1) is 6.42 Å². The van der Waals surface area contributed by atoms with Crippen molar-refractivity contribution in [2.75, 3.05) is 0 Å². The van der Waals surface area contributed by atoms with Gasteiger partial charge in [-0.2, -0.15) is 0 Å². The Morgan fingerprint density at radius 2 is 2.20 bits per heavy atom. The van der Waals surface area contributed by atoms with Crippen molar-refractivity contribution in [3.8, 4) is 0 Å². The van der Waals surface area contributed by atoms with E-state index in [9.17, 15) is 0 Å². The van der Waals surface area contributed by atoms with Crippen LogP contribution in [0.3, 0.4) is 0 Å². The summed E-state index contributed by atoms with van der Waals surface area (Å²) in [7, 11) is 0. The Morgan fingerprint density at radius 1 is 1.33 bits per heavy atom. The molecule has 15 heavy (non-hydrogen) atoms. The molecule has 0 saturated carbocycles. The van der Waals surface area contributed by atoms with Gasteiger partial charge in [0.25, 0.3) is 0 Å². The molecule has 0 fully saturated rings. The molecule has 1 aromatic carbocycles. The molecule has 0 unspecified atom stereocenters. The van der Waals surface area contributed by atoms with Crippen LogP contribution in [-0.2, 0) is 0 Å². The van der Waals surface area contributed by atoms with Gasteiger partial charge in [-0.25, -0.2) is 4.98 Å². The molecule has 2 heteroatoms. The summed E-state index contributed by atoms with van der Waals surface area (Å²) < 4.78 is 1.26. The lowest BCUT2D eigenvalue weighted by Gasteiger charge is -1.85. The molecule has 0 aliphatic carbocycles. The van der Waals surface area contributed by atoms with Crippen molar-refractivity contribution < 1.29 is 0 Å². The number of hydrogen-bond donors (Lipinski definition) is 0. The van der Waals surface area contributed by atoms with E-state index in [0.717, 1.165) is 16.9 Å². The van der Waals surface area contributed by atoms with E-state index in [4.69, 9.17) is 0 Å². The smallest absolute Gasteiger partial charge is 0.102 e. The van der Waals surface area contributed by atoms with Crippen LogP contribution in [0.25, 0.3) is 10.2 Å². The Morgan fingerprint density at radius 3 is 3.00 bits per heavy atom. The highest BCUT2D eigenvalue weighted by Crippen LogP contribution is 2.22. The third-order valence-corrected chi connectivity index (χ3v) is 3.14. The number of allylic oxidation sites excluding steroid dienone is 2. The molecule has 0 aliphatic heterocycles. The fraction of sp³-hybridized carbons (Fsp3) is 0.231. The first-order chi connectivity index (χ1) is 7.40. The molecule has 2 aromatic rings. The SMILES string of the molecule is CCC/C=C/[CH]c1nc2ccccc2s1. The summed E-state index contributed by atoms with van der Waals surface area (Å²) in [6, 6.07) is 8.25. The van der Waals surface area contributed by atoms with Crippen LogP contribution < -0.4 is 0 Å². The van der Waals surface area contributed by atoms with Crippen LogP contribution in [0.2, 0.25) is 0 Å². The van der Waals surface area contributed by atoms with E-state index in [1.165, 1.54) is 11.1 Å². The van der Waals surface area contributed by atoms with Crippen molar-refractivity contribution in [2.45, 2.75) is 19.8 Å². The second-order valence-electron chi connectivity index (χ2n) is 3.40. The number of thiazole rings is 1. The lowest BCUT2D eigenvalue weighted by molar-refractivity contribution is 0.958. The average molecular weight is 216 g/mol. The largest absolute Gasteiger partial charge is 0.241 e. The van der Waals surface area contributed by atoms with Gasteiger partial charge in [-0.1, -0.05) is 37.6 Å². The molecular formula is C13H14NS. The molecule has 1 aromatic heterocycles. The van der Waals surface area contributed by atoms with Crippen molar-refractivity contribution >= 4 is 21.6 Å². The van der Waals surface area contributed by atoms with E-state index in [1.807, 2.05) is 6.07 Å². The number of unbranched alkanes of at least 4 members (excludes halogenated alkanes) is 1. The highest BCUT2D eigenvalue weighted by atomic mass is 32.1. The van der Waals surface area contributed by atoms with Crippen LogP contribution >= 0.6 is 11.3 Å². The summed E-state index contributed by atoms with van der Waals surface area (Å²) in [5.41, 5.74) is 1.10. The van der Waals surface area contributed by atoms with E-state index < -0.39 is 0 Å². The van der Waals surface area contributed by atoms with Gasteiger partial charge in [-0.3, -0.25) is 0 Å². The lowest BCUT2D eigenvalue weighted by Crippen LogP contribution is -1.74. The van der Waals surface area contributed by atoms with Gasteiger partial charge in [0.1, 0.15) is 5.01 Å². The maximum Gasteiger partial charge on any atom is 0.102 e. The van der Waals surface area contributed by atoms with Gasteiger partial charge in [0, 0.05) is 6.42 Å². The first-order valence-corrected chi connectivity index (χ1v) is 6.07. The number of nitrogens with zero attached hydrogens (tertiary/aromatic N) is 1. The monoisotopic (exact) mass is 216 g/mol. The van der Waals surface area contributed by atoms with Crippen molar-refractivity contribution in [1.29, 1.82) is 0 Å². The fourth-order valence-electron chi connectivity index (χ4n) is 1.37. The summed E-state index contributed by atoms with van der Waals surface area (Å²) in [5, 5.41) is 1.09. The van der Waals surface area contributed by atoms with Crippen molar-refractivity contribution in [3.05, 3.63) is 47.8 Å². The lowest BCUT2D eigenvalue weighted by atomic mass is 10.3. The Hall–Kier alpha value is -1.15. The molecule has 0 N–H and O–H groups in total. The van der Waals surface area contributed by atoms with E-state index in [1.54, 1.807) is 11.3 Å². The van der Waals surface area contributed by atoms with Gasteiger partial charge in [0.2, 0.25) is 0 Å². The first-order valence-electron chi connectivity index (χ1n) is 5.25. The zero-order valence-corrected chi connectivity index (χ0v) is 9.63. The molecule has 77 valence electrons. The van der Waals surface area contributed by atoms with E-state index in [2.05, 4.69) is 48.7 Å². The predicted octanol–water partition coefficient (Wildman–Crippen LogP) is 4.20. The highest BCUT2D eigenvalue weighted by Gasteiger charge is 2.00. The molecule has 0 saturated heterocycles. The van der Waals surface area contributed by atoms with Gasteiger partial charge in [0.05, 0.1) is 10.2 Å². The van der Waals surface area contributed by atoms with Gasteiger partial charge in [-0.15, -0.1) is 11.3 Å². The Bertz CT molecular complexity index is 423. The summed E-state index contributed by atoms with van der Waals surface area (Å²) in [5.74, 6) is 0. The van der Waals surface area contributed by atoms with Crippen LogP contribution in [0.5, 0.6) is 0 Å². The minimum atomic E-state index is 1.09. The van der Waals surface area contributed by atoms with Crippen LogP contribution in [0.1, 0.15) is 24.8 Å². The molecule has 1 heterocycles. The maximum atomic E-state index is 4.52. The summed E-state index contributed by atoms with van der Waals surface area (Å²) in [4.78, 5) is 4.52. The molecule has 1 radical (unpaired) electrons. The minimum Gasteiger partial charge on any atom is -0.241 e. The van der Waals surface area contributed by atoms with Crippen LogP contribution in [0.4, 0.5) is 0 Å². The molecule has 0 atom stereocenters. The zero-order chi connectivity index (χ0) is 10.5. The zero-order valence-electron chi connectivity index (χ0n) is 8.81.